The molecular weight excluding hydrogens is 483 g/mol. The van der Waals surface area contributed by atoms with Crippen molar-refractivity contribution in [3.63, 3.8) is 0 Å². The lowest BCUT2D eigenvalue weighted by Gasteiger charge is -2.19. The highest BCUT2D eigenvalue weighted by molar-refractivity contribution is 7.92. The smallest absolute Gasteiger partial charge is 0.261 e. The molecule has 0 fully saturated rings. The minimum absolute atomic E-state index is 0.0945. The molecule has 0 atom stereocenters. The summed E-state index contributed by atoms with van der Waals surface area (Å²) >= 11 is 12.2. The lowest BCUT2D eigenvalue weighted by molar-refractivity contribution is 0.102. The molecule has 3 aromatic carbocycles. The standard InChI is InChI=1S/C24H24Cl2N2O4S/c1-24(2,3)16-7-11-18(12-8-16)33(30,31)28-20-14-22(32-4)21(13-19(20)26)27-23(29)15-5-9-17(25)10-6-15/h5-14,28H,1-4H3,(H,27,29). The highest BCUT2D eigenvalue weighted by Crippen LogP contribution is 2.36. The normalized spacial score (nSPS) is 11.7. The molecular formula is C24H24Cl2N2O4S. The fraction of sp³-hybridized carbons (Fsp3) is 0.208. The third-order valence-electron chi connectivity index (χ3n) is 4.92. The first-order valence-corrected chi connectivity index (χ1v) is 12.2. The summed E-state index contributed by atoms with van der Waals surface area (Å²) in [5, 5.41) is 3.32. The second-order valence-corrected chi connectivity index (χ2v) is 10.9. The molecule has 6 nitrogen and oxygen atoms in total. The van der Waals surface area contributed by atoms with E-state index in [1.807, 2.05) is 20.8 Å². The van der Waals surface area contributed by atoms with E-state index in [-0.39, 0.29) is 26.8 Å². The van der Waals surface area contributed by atoms with E-state index in [2.05, 4.69) is 10.0 Å². The molecule has 0 unspecified atom stereocenters. The number of halogens is 2. The Morgan fingerprint density at radius 3 is 2.06 bits per heavy atom. The second kappa shape index (κ2) is 9.63. The molecule has 3 aromatic rings. The van der Waals surface area contributed by atoms with Crippen molar-refractivity contribution in [2.24, 2.45) is 0 Å². The van der Waals surface area contributed by atoms with Crippen molar-refractivity contribution < 1.29 is 17.9 Å². The molecule has 0 aliphatic heterocycles. The van der Waals surface area contributed by atoms with Gasteiger partial charge in [0.2, 0.25) is 0 Å². The predicted molar refractivity (Wildman–Crippen MR) is 133 cm³/mol. The van der Waals surface area contributed by atoms with Gasteiger partial charge in [-0.2, -0.15) is 0 Å². The van der Waals surface area contributed by atoms with Crippen LogP contribution in [0.4, 0.5) is 11.4 Å². The number of hydrogen-bond donors (Lipinski definition) is 2. The minimum atomic E-state index is -3.90. The van der Waals surface area contributed by atoms with Crippen LogP contribution in [0.1, 0.15) is 36.7 Å². The monoisotopic (exact) mass is 506 g/mol. The van der Waals surface area contributed by atoms with E-state index in [0.29, 0.717) is 16.3 Å². The van der Waals surface area contributed by atoms with E-state index in [9.17, 15) is 13.2 Å². The van der Waals surface area contributed by atoms with Gasteiger partial charge in [0.1, 0.15) is 5.75 Å². The molecule has 0 spiro atoms. The molecule has 174 valence electrons. The van der Waals surface area contributed by atoms with Gasteiger partial charge in [-0.1, -0.05) is 56.1 Å². The second-order valence-electron chi connectivity index (χ2n) is 8.37. The summed E-state index contributed by atoms with van der Waals surface area (Å²) in [6.45, 7) is 6.15. The molecule has 0 bridgehead atoms. The molecule has 0 radical (unpaired) electrons. The maximum absolute atomic E-state index is 12.9. The summed E-state index contributed by atoms with van der Waals surface area (Å²) < 4.78 is 33.6. The van der Waals surface area contributed by atoms with Crippen LogP contribution in [-0.4, -0.2) is 21.4 Å². The quantitative estimate of drug-likeness (QED) is 0.407. The van der Waals surface area contributed by atoms with Gasteiger partial charge < -0.3 is 10.1 Å². The average Bonchev–Trinajstić information content (AvgIpc) is 2.75. The number of carbonyl (C=O) groups is 1. The van der Waals surface area contributed by atoms with Crippen molar-refractivity contribution in [3.8, 4) is 5.75 Å². The van der Waals surface area contributed by atoms with Crippen LogP contribution in [-0.2, 0) is 15.4 Å². The molecule has 9 heteroatoms. The van der Waals surface area contributed by atoms with Gasteiger partial charge in [-0.05, 0) is 53.4 Å². The summed E-state index contributed by atoms with van der Waals surface area (Å²) in [6.07, 6.45) is 0. The van der Waals surface area contributed by atoms with Crippen LogP contribution in [0.5, 0.6) is 5.75 Å². The van der Waals surface area contributed by atoms with Gasteiger partial charge in [-0.3, -0.25) is 9.52 Å². The Morgan fingerprint density at radius 2 is 1.52 bits per heavy atom. The first kappa shape index (κ1) is 24.9. The van der Waals surface area contributed by atoms with Crippen LogP contribution in [0.25, 0.3) is 0 Å². The van der Waals surface area contributed by atoms with E-state index in [1.165, 1.54) is 19.2 Å². The lowest BCUT2D eigenvalue weighted by Crippen LogP contribution is -2.16. The van der Waals surface area contributed by atoms with Crippen LogP contribution in [0.15, 0.2) is 65.6 Å². The van der Waals surface area contributed by atoms with Crippen molar-refractivity contribution in [3.05, 3.63) is 81.8 Å². The fourth-order valence-electron chi connectivity index (χ4n) is 3.03. The number of sulfonamides is 1. The molecule has 33 heavy (non-hydrogen) atoms. The molecule has 0 heterocycles. The summed E-state index contributed by atoms with van der Waals surface area (Å²) in [4.78, 5) is 12.6. The van der Waals surface area contributed by atoms with Gasteiger partial charge in [0.05, 0.1) is 28.4 Å². The number of benzene rings is 3. The summed E-state index contributed by atoms with van der Waals surface area (Å²) in [5.74, 6) is -0.157. The van der Waals surface area contributed by atoms with E-state index >= 15 is 0 Å². The average molecular weight is 507 g/mol. The number of ether oxygens (including phenoxy) is 1. The van der Waals surface area contributed by atoms with Gasteiger partial charge in [0.15, 0.2) is 0 Å². The van der Waals surface area contributed by atoms with Gasteiger partial charge in [-0.15, -0.1) is 0 Å². The topological polar surface area (TPSA) is 84.5 Å². The zero-order chi connectivity index (χ0) is 24.4. The number of methoxy groups -OCH3 is 1. The third kappa shape index (κ3) is 5.99. The summed E-state index contributed by atoms with van der Waals surface area (Å²) in [6, 6.07) is 15.9. The van der Waals surface area contributed by atoms with E-state index in [0.717, 1.165) is 5.56 Å². The van der Waals surface area contributed by atoms with Crippen molar-refractivity contribution in [1.82, 2.24) is 0 Å². The Hall–Kier alpha value is -2.74. The molecule has 0 aromatic heterocycles. The van der Waals surface area contributed by atoms with Crippen molar-refractivity contribution in [1.29, 1.82) is 0 Å². The van der Waals surface area contributed by atoms with E-state index < -0.39 is 15.9 Å². The van der Waals surface area contributed by atoms with E-state index in [1.54, 1.807) is 48.5 Å². The molecule has 2 N–H and O–H groups in total. The molecule has 0 aliphatic rings. The van der Waals surface area contributed by atoms with Crippen molar-refractivity contribution >= 4 is 50.5 Å². The zero-order valence-electron chi connectivity index (χ0n) is 18.6. The largest absolute Gasteiger partial charge is 0.494 e. The number of nitrogens with one attached hydrogen (secondary N) is 2. The van der Waals surface area contributed by atoms with Crippen molar-refractivity contribution in [2.75, 3.05) is 17.1 Å². The number of anilines is 2. The zero-order valence-corrected chi connectivity index (χ0v) is 20.9. The number of amides is 1. The minimum Gasteiger partial charge on any atom is -0.494 e. The van der Waals surface area contributed by atoms with E-state index in [4.69, 9.17) is 27.9 Å². The highest BCUT2D eigenvalue weighted by atomic mass is 35.5. The first-order valence-electron chi connectivity index (χ1n) is 9.98. The summed E-state index contributed by atoms with van der Waals surface area (Å²) in [7, 11) is -2.49. The fourth-order valence-corrected chi connectivity index (χ4v) is 4.50. The highest BCUT2D eigenvalue weighted by Gasteiger charge is 2.20. The predicted octanol–water partition coefficient (Wildman–Crippen LogP) is 6.35. The lowest BCUT2D eigenvalue weighted by atomic mass is 9.87. The van der Waals surface area contributed by atoms with Crippen LogP contribution < -0.4 is 14.8 Å². The first-order chi connectivity index (χ1) is 15.4. The maximum Gasteiger partial charge on any atom is 0.261 e. The van der Waals surface area contributed by atoms with Crippen LogP contribution in [0, 0.1) is 0 Å². The third-order valence-corrected chi connectivity index (χ3v) is 6.86. The molecule has 3 rings (SSSR count). The molecule has 0 aliphatic carbocycles. The van der Waals surface area contributed by atoms with Crippen LogP contribution in [0.3, 0.4) is 0 Å². The Balaban J connectivity index is 1.85. The van der Waals surface area contributed by atoms with Gasteiger partial charge in [-0.25, -0.2) is 8.42 Å². The SMILES string of the molecule is COc1cc(NS(=O)(=O)c2ccc(C(C)(C)C)cc2)c(Cl)cc1NC(=O)c1ccc(Cl)cc1. The molecule has 1 amide bonds. The summed E-state index contributed by atoms with van der Waals surface area (Å²) in [5.41, 5.74) is 1.72. The Morgan fingerprint density at radius 1 is 0.909 bits per heavy atom. The van der Waals surface area contributed by atoms with Gasteiger partial charge in [0, 0.05) is 16.7 Å². The Kier molecular flexibility index (Phi) is 7.26. The maximum atomic E-state index is 12.9. The number of hydrogen-bond acceptors (Lipinski definition) is 4. The molecule has 0 saturated heterocycles. The van der Waals surface area contributed by atoms with Gasteiger partial charge in [0.25, 0.3) is 15.9 Å². The number of carbonyl (C=O) groups excluding carboxylic acids is 1. The number of rotatable bonds is 6. The van der Waals surface area contributed by atoms with Crippen LogP contribution in [0.2, 0.25) is 10.0 Å². The Bertz CT molecular complexity index is 1270. The van der Waals surface area contributed by atoms with Crippen LogP contribution >= 0.6 is 23.2 Å². The Labute approximate surface area is 203 Å². The molecule has 0 saturated carbocycles. The van der Waals surface area contributed by atoms with Crippen molar-refractivity contribution in [2.45, 2.75) is 31.1 Å². The van der Waals surface area contributed by atoms with Gasteiger partial charge >= 0.3 is 0 Å².